The summed E-state index contributed by atoms with van der Waals surface area (Å²) >= 11 is 3.21. The molecule has 1 N–H and O–H groups in total. The molecule has 0 heterocycles. The molecule has 0 spiro atoms. The second kappa shape index (κ2) is 3.53. The van der Waals surface area contributed by atoms with Gasteiger partial charge in [0, 0.05) is 21.1 Å². The third-order valence-electron chi connectivity index (χ3n) is 1.22. The van der Waals surface area contributed by atoms with Crippen molar-refractivity contribution in [1.29, 1.82) is 0 Å². The van der Waals surface area contributed by atoms with E-state index in [4.69, 9.17) is 4.11 Å². The minimum absolute atomic E-state index is 0.323. The largest absolute Gasteiger partial charge is 0.355 e. The van der Waals surface area contributed by atoms with Gasteiger partial charge in [-0.25, -0.2) is 0 Å². The summed E-state index contributed by atoms with van der Waals surface area (Å²) in [6, 6.07) is 6.44. The summed E-state index contributed by atoms with van der Waals surface area (Å²) in [4.78, 5) is 11.3. The predicted molar refractivity (Wildman–Crippen MR) is 47.5 cm³/mol. The Balaban J connectivity index is 2.76. The standard InChI is InChI=1S/C8H8BrNO/c1-10-8(11)6-2-4-7(9)5-3-6/h2-5H,1H3,(H,10,11)/i1D3. The second-order valence-corrected chi connectivity index (χ2v) is 2.88. The summed E-state index contributed by atoms with van der Waals surface area (Å²) in [5.74, 6) is -0.600. The normalized spacial score (nSPS) is 14.5. The fraction of sp³-hybridized carbons (Fsp3) is 0.125. The van der Waals surface area contributed by atoms with Crippen LogP contribution in [0.1, 0.15) is 14.5 Å². The molecule has 0 unspecified atom stereocenters. The molecule has 0 bridgehead atoms. The molecule has 3 heteroatoms. The number of nitrogens with one attached hydrogen (secondary N) is 1. The van der Waals surface area contributed by atoms with Gasteiger partial charge in [-0.05, 0) is 24.3 Å². The zero-order valence-electron chi connectivity index (χ0n) is 8.60. The van der Waals surface area contributed by atoms with E-state index >= 15 is 0 Å². The van der Waals surface area contributed by atoms with Gasteiger partial charge in [0.15, 0.2) is 0 Å². The van der Waals surface area contributed by atoms with Crippen molar-refractivity contribution in [2.45, 2.75) is 0 Å². The second-order valence-electron chi connectivity index (χ2n) is 1.96. The Morgan fingerprint density at radius 2 is 2.18 bits per heavy atom. The lowest BCUT2D eigenvalue weighted by Gasteiger charge is -1.97. The first-order valence-electron chi connectivity index (χ1n) is 4.46. The van der Waals surface area contributed by atoms with E-state index in [1.807, 2.05) is 5.32 Å². The molecular formula is C8H8BrNO. The molecule has 11 heavy (non-hydrogen) atoms. The van der Waals surface area contributed by atoms with Gasteiger partial charge in [0.1, 0.15) is 0 Å². The number of hydrogen-bond acceptors (Lipinski definition) is 1. The van der Waals surface area contributed by atoms with Gasteiger partial charge < -0.3 is 5.32 Å². The van der Waals surface area contributed by atoms with Crippen molar-refractivity contribution in [3.63, 3.8) is 0 Å². The molecule has 0 saturated carbocycles. The van der Waals surface area contributed by atoms with E-state index in [-0.39, 0.29) is 0 Å². The predicted octanol–water partition coefficient (Wildman–Crippen LogP) is 1.81. The van der Waals surface area contributed by atoms with Crippen LogP contribution in [0.15, 0.2) is 28.7 Å². The van der Waals surface area contributed by atoms with Gasteiger partial charge >= 0.3 is 0 Å². The van der Waals surface area contributed by atoms with Crippen LogP contribution < -0.4 is 5.32 Å². The Morgan fingerprint density at radius 1 is 1.55 bits per heavy atom. The molecule has 58 valence electrons. The van der Waals surface area contributed by atoms with Crippen LogP contribution in [0.4, 0.5) is 0 Å². The first-order valence-corrected chi connectivity index (χ1v) is 3.76. The molecule has 1 rings (SSSR count). The van der Waals surface area contributed by atoms with Gasteiger partial charge in [-0.15, -0.1) is 0 Å². The maximum absolute atomic E-state index is 11.3. The molecule has 0 saturated heterocycles. The maximum atomic E-state index is 11.3. The van der Waals surface area contributed by atoms with Crippen molar-refractivity contribution in [1.82, 2.24) is 5.32 Å². The van der Waals surface area contributed by atoms with Crippen molar-refractivity contribution in [2.24, 2.45) is 0 Å². The Morgan fingerprint density at radius 3 is 2.73 bits per heavy atom. The lowest BCUT2D eigenvalue weighted by Crippen LogP contribution is -2.17. The molecule has 0 aromatic heterocycles. The summed E-state index contributed by atoms with van der Waals surface area (Å²) in [6.45, 7) is -2.44. The monoisotopic (exact) mass is 216 g/mol. The van der Waals surface area contributed by atoms with Crippen LogP contribution in [-0.2, 0) is 0 Å². The highest BCUT2D eigenvalue weighted by Crippen LogP contribution is 2.09. The molecule has 0 aliphatic heterocycles. The third-order valence-corrected chi connectivity index (χ3v) is 1.75. The van der Waals surface area contributed by atoms with E-state index in [1.165, 1.54) is 0 Å². The third kappa shape index (κ3) is 2.05. The zero-order chi connectivity index (χ0) is 10.8. The Bertz CT molecular complexity index is 333. The molecule has 1 aromatic rings. The van der Waals surface area contributed by atoms with Gasteiger partial charge in [0.25, 0.3) is 5.91 Å². The summed E-state index contributed by atoms with van der Waals surface area (Å²) in [5.41, 5.74) is 0.323. The fourth-order valence-electron chi connectivity index (χ4n) is 0.673. The summed E-state index contributed by atoms with van der Waals surface area (Å²) in [7, 11) is 0. The molecular weight excluding hydrogens is 206 g/mol. The molecule has 0 aliphatic rings. The van der Waals surface area contributed by atoms with Crippen LogP contribution in [0.3, 0.4) is 0 Å². The topological polar surface area (TPSA) is 29.1 Å². The quantitative estimate of drug-likeness (QED) is 0.763. The average Bonchev–Trinajstić information content (AvgIpc) is 2.02. The SMILES string of the molecule is [2H]C([2H])([2H])NC(=O)c1ccc(Br)cc1. The van der Waals surface area contributed by atoms with E-state index in [0.717, 1.165) is 4.47 Å². The first-order chi connectivity index (χ1) is 6.38. The van der Waals surface area contributed by atoms with Crippen LogP contribution in [-0.4, -0.2) is 12.9 Å². The number of benzene rings is 1. The number of halogens is 1. The van der Waals surface area contributed by atoms with Crippen molar-refractivity contribution in [3.8, 4) is 0 Å². The van der Waals surface area contributed by atoms with Crippen molar-refractivity contribution in [2.75, 3.05) is 6.98 Å². The van der Waals surface area contributed by atoms with Crippen molar-refractivity contribution < 1.29 is 8.91 Å². The lowest BCUT2D eigenvalue weighted by molar-refractivity contribution is 0.0963. The highest BCUT2D eigenvalue weighted by Gasteiger charge is 1.99. The summed E-state index contributed by atoms with van der Waals surface area (Å²) in [5, 5.41) is 1.90. The fourth-order valence-corrected chi connectivity index (χ4v) is 0.938. The van der Waals surface area contributed by atoms with Crippen LogP contribution in [0, 0.1) is 0 Å². The first kappa shape index (κ1) is 4.93. The van der Waals surface area contributed by atoms with Gasteiger partial charge in [0.2, 0.25) is 0 Å². The highest BCUT2D eigenvalue weighted by molar-refractivity contribution is 9.10. The Labute approximate surface area is 78.0 Å². The van der Waals surface area contributed by atoms with Gasteiger partial charge in [-0.1, -0.05) is 15.9 Å². The van der Waals surface area contributed by atoms with Crippen LogP contribution >= 0.6 is 15.9 Å². The molecule has 0 atom stereocenters. The number of carbonyl (C=O) groups excluding carboxylic acids is 1. The van der Waals surface area contributed by atoms with E-state index < -0.39 is 12.9 Å². The zero-order valence-corrected chi connectivity index (χ0v) is 7.18. The molecule has 0 radical (unpaired) electrons. The summed E-state index contributed by atoms with van der Waals surface area (Å²) in [6.07, 6.45) is 0. The number of amides is 1. The lowest BCUT2D eigenvalue weighted by atomic mass is 10.2. The van der Waals surface area contributed by atoms with E-state index in [9.17, 15) is 4.79 Å². The molecule has 1 amide bonds. The van der Waals surface area contributed by atoms with E-state index in [2.05, 4.69) is 15.9 Å². The summed E-state index contributed by atoms with van der Waals surface area (Å²) < 4.78 is 21.4. The van der Waals surface area contributed by atoms with Crippen molar-refractivity contribution >= 4 is 21.8 Å². The molecule has 0 fully saturated rings. The maximum Gasteiger partial charge on any atom is 0.251 e. The number of carbonyl (C=O) groups is 1. The highest BCUT2D eigenvalue weighted by atomic mass is 79.9. The smallest absolute Gasteiger partial charge is 0.251 e. The Hall–Kier alpha value is -0.830. The average molecular weight is 217 g/mol. The van der Waals surface area contributed by atoms with Gasteiger partial charge in [-0.3, -0.25) is 4.79 Å². The number of hydrogen-bond donors (Lipinski definition) is 1. The number of rotatable bonds is 1. The van der Waals surface area contributed by atoms with Crippen LogP contribution in [0.2, 0.25) is 0 Å². The van der Waals surface area contributed by atoms with Gasteiger partial charge in [0.05, 0.1) is 0 Å². The molecule has 2 nitrogen and oxygen atoms in total. The van der Waals surface area contributed by atoms with Crippen LogP contribution in [0.5, 0.6) is 0 Å². The Kier molecular flexibility index (Phi) is 1.58. The minimum Gasteiger partial charge on any atom is -0.355 e. The van der Waals surface area contributed by atoms with Crippen LogP contribution in [0.25, 0.3) is 0 Å². The molecule has 0 aliphatic carbocycles. The molecule has 1 aromatic carbocycles. The van der Waals surface area contributed by atoms with Gasteiger partial charge in [-0.2, -0.15) is 0 Å². The van der Waals surface area contributed by atoms with E-state index in [0.29, 0.717) is 5.56 Å². The minimum atomic E-state index is -2.44. The van der Waals surface area contributed by atoms with Crippen molar-refractivity contribution in [3.05, 3.63) is 34.3 Å². The van der Waals surface area contributed by atoms with E-state index in [1.54, 1.807) is 24.3 Å².